The van der Waals surface area contributed by atoms with E-state index in [2.05, 4.69) is 15.3 Å². The van der Waals surface area contributed by atoms with Crippen LogP contribution in [0.3, 0.4) is 0 Å². The molecule has 1 amide bonds. The van der Waals surface area contributed by atoms with Gasteiger partial charge in [0.1, 0.15) is 17.3 Å². The summed E-state index contributed by atoms with van der Waals surface area (Å²) in [5.74, 6) is 1.33. The molecular weight excluding hydrogens is 328 g/mol. The molecule has 4 aromatic rings. The van der Waals surface area contributed by atoms with E-state index >= 15 is 0 Å². The topological polar surface area (TPSA) is 69.0 Å². The van der Waals surface area contributed by atoms with Crippen molar-refractivity contribution in [3.8, 4) is 5.75 Å². The molecule has 0 saturated heterocycles. The second-order valence-corrected chi connectivity index (χ2v) is 6.01. The van der Waals surface area contributed by atoms with E-state index in [-0.39, 0.29) is 5.91 Å². The van der Waals surface area contributed by atoms with Crippen molar-refractivity contribution in [3.63, 3.8) is 0 Å². The minimum Gasteiger partial charge on any atom is -0.497 e. The lowest BCUT2D eigenvalue weighted by molar-refractivity contribution is 0.0945. The molecular formula is C20H18N4O2. The Hall–Kier alpha value is -3.41. The molecule has 0 aliphatic carbocycles. The van der Waals surface area contributed by atoms with Gasteiger partial charge in [0.2, 0.25) is 0 Å². The molecule has 2 heterocycles. The number of fused-ring (bicyclic) bond motifs is 2. The number of pyridine rings is 1. The van der Waals surface area contributed by atoms with Crippen LogP contribution >= 0.6 is 0 Å². The minimum absolute atomic E-state index is 0.227. The smallest absolute Gasteiger partial charge is 0.270 e. The summed E-state index contributed by atoms with van der Waals surface area (Å²) in [5, 5.41) is 3.82. The lowest BCUT2D eigenvalue weighted by Gasteiger charge is -2.07. The van der Waals surface area contributed by atoms with Crippen molar-refractivity contribution in [3.05, 3.63) is 66.1 Å². The molecule has 0 fully saturated rings. The van der Waals surface area contributed by atoms with Crippen molar-refractivity contribution >= 4 is 27.8 Å². The summed E-state index contributed by atoms with van der Waals surface area (Å²) < 4.78 is 7.19. The van der Waals surface area contributed by atoms with Crippen molar-refractivity contribution in [2.24, 2.45) is 7.05 Å². The Kier molecular flexibility index (Phi) is 4.01. The highest BCUT2D eigenvalue weighted by molar-refractivity contribution is 5.95. The van der Waals surface area contributed by atoms with Crippen molar-refractivity contribution in [2.45, 2.75) is 6.54 Å². The van der Waals surface area contributed by atoms with Crippen LogP contribution in [0.1, 0.15) is 16.3 Å². The van der Waals surface area contributed by atoms with Gasteiger partial charge in [-0.25, -0.2) is 9.97 Å². The molecule has 0 unspecified atom stereocenters. The average Bonchev–Trinajstić information content (AvgIpc) is 3.01. The lowest BCUT2D eigenvalue weighted by atomic mass is 10.2. The van der Waals surface area contributed by atoms with E-state index < -0.39 is 0 Å². The van der Waals surface area contributed by atoms with Gasteiger partial charge < -0.3 is 14.6 Å². The predicted molar refractivity (Wildman–Crippen MR) is 100 cm³/mol. The van der Waals surface area contributed by atoms with Gasteiger partial charge in [0.05, 0.1) is 30.2 Å². The Morgan fingerprint density at radius 3 is 2.73 bits per heavy atom. The molecule has 0 aliphatic rings. The van der Waals surface area contributed by atoms with Crippen molar-refractivity contribution in [2.75, 3.05) is 7.11 Å². The summed E-state index contributed by atoms with van der Waals surface area (Å²) in [6.45, 7) is 0.340. The van der Waals surface area contributed by atoms with Crippen LogP contribution in [0.25, 0.3) is 21.9 Å². The summed E-state index contributed by atoms with van der Waals surface area (Å²) in [5.41, 5.74) is 3.08. The van der Waals surface area contributed by atoms with Gasteiger partial charge >= 0.3 is 0 Å². The maximum Gasteiger partial charge on any atom is 0.270 e. The number of ether oxygens (including phenoxy) is 1. The fourth-order valence-electron chi connectivity index (χ4n) is 2.96. The van der Waals surface area contributed by atoms with Gasteiger partial charge in [-0.05, 0) is 36.4 Å². The number of para-hydroxylation sites is 2. The molecule has 0 atom stereocenters. The number of aryl methyl sites for hydroxylation is 1. The van der Waals surface area contributed by atoms with Gasteiger partial charge in [0.15, 0.2) is 0 Å². The average molecular weight is 346 g/mol. The number of amides is 1. The van der Waals surface area contributed by atoms with E-state index in [1.165, 1.54) is 0 Å². The number of carbonyl (C=O) groups is 1. The first-order chi connectivity index (χ1) is 12.7. The first-order valence-corrected chi connectivity index (χ1v) is 8.29. The van der Waals surface area contributed by atoms with Crippen molar-refractivity contribution in [1.29, 1.82) is 0 Å². The van der Waals surface area contributed by atoms with E-state index in [1.807, 2.05) is 60.1 Å². The standard InChI is InChI=1S/C20H18N4O2/c1-24-18-6-4-3-5-16(18)23-19(24)12-21-20(25)17-9-7-13-11-14(26-2)8-10-15(13)22-17/h3-11H,12H2,1-2H3,(H,21,25). The molecule has 0 saturated carbocycles. The SMILES string of the molecule is COc1ccc2nc(C(=O)NCc3nc4ccccc4n3C)ccc2c1. The fourth-order valence-corrected chi connectivity index (χ4v) is 2.96. The van der Waals surface area contributed by atoms with Crippen LogP contribution in [0.15, 0.2) is 54.6 Å². The number of aromatic nitrogens is 3. The van der Waals surface area contributed by atoms with Crippen molar-refractivity contribution < 1.29 is 9.53 Å². The summed E-state index contributed by atoms with van der Waals surface area (Å²) in [4.78, 5) is 21.5. The molecule has 130 valence electrons. The molecule has 2 aromatic carbocycles. The number of nitrogens with zero attached hydrogens (tertiary/aromatic N) is 3. The molecule has 6 heteroatoms. The number of carbonyl (C=O) groups excluding carboxylic acids is 1. The predicted octanol–water partition coefficient (Wildman–Crippen LogP) is 3.06. The number of nitrogens with one attached hydrogen (secondary N) is 1. The molecule has 26 heavy (non-hydrogen) atoms. The third-order valence-corrected chi connectivity index (χ3v) is 4.42. The molecule has 1 N–H and O–H groups in total. The van der Waals surface area contributed by atoms with E-state index in [9.17, 15) is 4.79 Å². The zero-order valence-electron chi connectivity index (χ0n) is 14.6. The second-order valence-electron chi connectivity index (χ2n) is 6.01. The van der Waals surface area contributed by atoms with Crippen molar-refractivity contribution in [1.82, 2.24) is 19.9 Å². The van der Waals surface area contributed by atoms with Crippen LogP contribution in [0.2, 0.25) is 0 Å². The van der Waals surface area contributed by atoms with Gasteiger partial charge in [-0.1, -0.05) is 18.2 Å². The van der Waals surface area contributed by atoms with Crippen LogP contribution in [0.4, 0.5) is 0 Å². The maximum absolute atomic E-state index is 12.5. The molecule has 2 aromatic heterocycles. The number of benzene rings is 2. The highest BCUT2D eigenvalue weighted by atomic mass is 16.5. The Balaban J connectivity index is 1.54. The van der Waals surface area contributed by atoms with Crippen LogP contribution in [-0.2, 0) is 13.6 Å². The van der Waals surface area contributed by atoms with Gasteiger partial charge in [-0.2, -0.15) is 0 Å². The molecule has 0 spiro atoms. The van der Waals surface area contributed by atoms with Gasteiger partial charge in [0.25, 0.3) is 5.91 Å². The fraction of sp³-hybridized carbons (Fsp3) is 0.150. The number of hydrogen-bond acceptors (Lipinski definition) is 4. The largest absolute Gasteiger partial charge is 0.497 e. The van der Waals surface area contributed by atoms with E-state index in [0.29, 0.717) is 12.2 Å². The Labute approximate surface area is 150 Å². The van der Waals surface area contributed by atoms with Crippen LogP contribution in [-0.4, -0.2) is 27.6 Å². The Morgan fingerprint density at radius 2 is 1.92 bits per heavy atom. The summed E-state index contributed by atoms with van der Waals surface area (Å²) >= 11 is 0. The molecule has 6 nitrogen and oxygen atoms in total. The Bertz CT molecular complexity index is 1120. The van der Waals surface area contributed by atoms with Crippen LogP contribution < -0.4 is 10.1 Å². The maximum atomic E-state index is 12.5. The van der Waals surface area contributed by atoms with Gasteiger partial charge in [-0.3, -0.25) is 4.79 Å². The number of rotatable bonds is 4. The number of hydrogen-bond donors (Lipinski definition) is 1. The zero-order chi connectivity index (χ0) is 18.1. The first-order valence-electron chi connectivity index (χ1n) is 8.29. The van der Waals surface area contributed by atoms with E-state index in [4.69, 9.17) is 4.74 Å². The Morgan fingerprint density at radius 1 is 1.08 bits per heavy atom. The highest BCUT2D eigenvalue weighted by Gasteiger charge is 2.11. The van der Waals surface area contributed by atoms with Crippen LogP contribution in [0, 0.1) is 0 Å². The summed E-state index contributed by atoms with van der Waals surface area (Å²) in [7, 11) is 3.57. The third kappa shape index (κ3) is 2.86. The normalized spacial score (nSPS) is 11.0. The monoisotopic (exact) mass is 346 g/mol. The third-order valence-electron chi connectivity index (χ3n) is 4.42. The lowest BCUT2D eigenvalue weighted by Crippen LogP contribution is -2.25. The zero-order valence-corrected chi connectivity index (χ0v) is 14.6. The summed E-state index contributed by atoms with van der Waals surface area (Å²) in [6, 6.07) is 17.0. The molecule has 4 rings (SSSR count). The molecule has 0 bridgehead atoms. The first kappa shape index (κ1) is 16.1. The quantitative estimate of drug-likeness (QED) is 0.617. The molecule has 0 radical (unpaired) electrons. The van der Waals surface area contributed by atoms with Crippen LogP contribution in [0.5, 0.6) is 5.75 Å². The van der Waals surface area contributed by atoms with E-state index in [1.54, 1.807) is 13.2 Å². The molecule has 0 aliphatic heterocycles. The minimum atomic E-state index is -0.227. The van der Waals surface area contributed by atoms with E-state index in [0.717, 1.165) is 33.5 Å². The second kappa shape index (κ2) is 6.48. The number of methoxy groups -OCH3 is 1. The number of imidazole rings is 1. The highest BCUT2D eigenvalue weighted by Crippen LogP contribution is 2.19. The van der Waals surface area contributed by atoms with Gasteiger partial charge in [-0.15, -0.1) is 0 Å². The summed E-state index contributed by atoms with van der Waals surface area (Å²) in [6.07, 6.45) is 0. The van der Waals surface area contributed by atoms with Gasteiger partial charge in [0, 0.05) is 12.4 Å².